The molecule has 1 aromatic rings. The molecule has 0 fully saturated rings. The van der Waals surface area contributed by atoms with Crippen molar-refractivity contribution in [2.24, 2.45) is 0 Å². The van der Waals surface area contributed by atoms with Gasteiger partial charge < -0.3 is 4.74 Å². The highest BCUT2D eigenvalue weighted by Crippen LogP contribution is 2.15. The molecule has 0 unspecified atom stereocenters. The second-order valence-electron chi connectivity index (χ2n) is 4.61. The van der Waals surface area contributed by atoms with E-state index in [4.69, 9.17) is 4.74 Å². The molecular weight excluding hydrogens is 351 g/mol. The fourth-order valence-corrected chi connectivity index (χ4v) is 2.22. The number of carbonyl (C=O) groups excluding carboxylic acids is 1. The van der Waals surface area contributed by atoms with E-state index in [0.717, 1.165) is 31.4 Å². The molecule has 0 N–H and O–H groups in total. The van der Waals surface area contributed by atoms with E-state index in [9.17, 15) is 4.79 Å². The van der Waals surface area contributed by atoms with Crippen LogP contribution in [-0.2, 0) is 11.2 Å². The fraction of sp³-hybridized carbons (Fsp3) is 0.438. The monoisotopic (exact) mass is 372 g/mol. The first-order chi connectivity index (χ1) is 9.11. The van der Waals surface area contributed by atoms with Gasteiger partial charge in [-0.05, 0) is 69.6 Å². The van der Waals surface area contributed by atoms with E-state index in [1.54, 1.807) is 7.11 Å². The first kappa shape index (κ1) is 16.2. The van der Waals surface area contributed by atoms with Crippen LogP contribution in [0.4, 0.5) is 0 Å². The SMILES string of the molecule is C=C(I)CCCCC(=O)CCc1ccc(OC)cc1. The molecule has 0 aliphatic rings. The number of ketones is 1. The largest absolute Gasteiger partial charge is 0.497 e. The third-order valence-electron chi connectivity index (χ3n) is 3.01. The number of carbonyl (C=O) groups is 1. The first-order valence-corrected chi connectivity index (χ1v) is 7.67. The van der Waals surface area contributed by atoms with Gasteiger partial charge in [-0.1, -0.05) is 18.7 Å². The van der Waals surface area contributed by atoms with Crippen LogP contribution in [0.15, 0.2) is 34.4 Å². The smallest absolute Gasteiger partial charge is 0.133 e. The lowest BCUT2D eigenvalue weighted by Gasteiger charge is -2.04. The summed E-state index contributed by atoms with van der Waals surface area (Å²) in [6.45, 7) is 3.85. The molecule has 0 heterocycles. The summed E-state index contributed by atoms with van der Waals surface area (Å²) in [5.74, 6) is 1.21. The van der Waals surface area contributed by atoms with Crippen molar-refractivity contribution in [2.45, 2.75) is 38.5 Å². The van der Waals surface area contributed by atoms with Crippen LogP contribution in [0.1, 0.15) is 37.7 Å². The number of Topliss-reactive ketones (excluding diaryl/α,β-unsaturated/α-hetero) is 1. The summed E-state index contributed by atoms with van der Waals surface area (Å²) >= 11 is 2.24. The number of rotatable bonds is 9. The van der Waals surface area contributed by atoms with Crippen molar-refractivity contribution >= 4 is 28.4 Å². The molecule has 0 spiro atoms. The lowest BCUT2D eigenvalue weighted by atomic mass is 10.0. The summed E-state index contributed by atoms with van der Waals surface area (Å²) in [6.07, 6.45) is 5.21. The molecule has 0 radical (unpaired) electrons. The van der Waals surface area contributed by atoms with Gasteiger partial charge in [-0.15, -0.1) is 0 Å². The highest BCUT2D eigenvalue weighted by molar-refractivity contribution is 14.1. The molecular formula is C16H21IO2. The molecule has 0 atom stereocenters. The van der Waals surface area contributed by atoms with E-state index in [1.165, 1.54) is 9.14 Å². The number of benzene rings is 1. The van der Waals surface area contributed by atoms with E-state index in [1.807, 2.05) is 24.3 Å². The number of allylic oxidation sites excluding steroid dienone is 1. The van der Waals surface area contributed by atoms with Gasteiger partial charge in [0, 0.05) is 12.8 Å². The molecule has 1 rings (SSSR count). The van der Waals surface area contributed by atoms with Crippen LogP contribution in [0.3, 0.4) is 0 Å². The standard InChI is InChI=1S/C16H21IO2/c1-13(17)5-3-4-6-15(18)10-7-14-8-11-16(19-2)12-9-14/h8-9,11-12H,1,3-7,10H2,2H3. The van der Waals surface area contributed by atoms with Gasteiger partial charge >= 0.3 is 0 Å². The lowest BCUT2D eigenvalue weighted by molar-refractivity contribution is -0.119. The minimum Gasteiger partial charge on any atom is -0.497 e. The molecule has 3 heteroatoms. The summed E-state index contributed by atoms with van der Waals surface area (Å²) in [5, 5.41) is 0. The van der Waals surface area contributed by atoms with Crippen molar-refractivity contribution in [3.63, 3.8) is 0 Å². The fourth-order valence-electron chi connectivity index (χ4n) is 1.84. The van der Waals surface area contributed by atoms with Gasteiger partial charge in [-0.3, -0.25) is 4.79 Å². The van der Waals surface area contributed by atoms with Crippen LogP contribution in [-0.4, -0.2) is 12.9 Å². The Morgan fingerprint density at radius 3 is 2.37 bits per heavy atom. The molecule has 0 bridgehead atoms. The quantitative estimate of drug-likeness (QED) is 0.464. The summed E-state index contributed by atoms with van der Waals surface area (Å²) in [6, 6.07) is 7.91. The van der Waals surface area contributed by atoms with Gasteiger partial charge in [0.2, 0.25) is 0 Å². The van der Waals surface area contributed by atoms with Crippen LogP contribution in [0.5, 0.6) is 5.75 Å². The van der Waals surface area contributed by atoms with Crippen LogP contribution < -0.4 is 4.74 Å². The molecule has 0 aliphatic heterocycles. The highest BCUT2D eigenvalue weighted by atomic mass is 127. The minimum absolute atomic E-state index is 0.356. The van der Waals surface area contributed by atoms with Gasteiger partial charge in [0.1, 0.15) is 11.5 Å². The highest BCUT2D eigenvalue weighted by Gasteiger charge is 2.03. The van der Waals surface area contributed by atoms with E-state index in [0.29, 0.717) is 18.6 Å². The second kappa shape index (κ2) is 9.13. The Kier molecular flexibility index (Phi) is 7.79. The Balaban J connectivity index is 2.20. The number of methoxy groups -OCH3 is 1. The zero-order valence-corrected chi connectivity index (χ0v) is 13.6. The van der Waals surface area contributed by atoms with E-state index in [2.05, 4.69) is 29.2 Å². The Labute approximate surface area is 129 Å². The predicted molar refractivity (Wildman–Crippen MR) is 88.0 cm³/mol. The molecule has 0 saturated carbocycles. The van der Waals surface area contributed by atoms with Crippen LogP contribution in [0, 0.1) is 0 Å². The molecule has 1 aromatic carbocycles. The van der Waals surface area contributed by atoms with Gasteiger partial charge in [0.05, 0.1) is 7.11 Å². The number of halogens is 1. The molecule has 104 valence electrons. The Morgan fingerprint density at radius 1 is 1.16 bits per heavy atom. The number of hydrogen-bond donors (Lipinski definition) is 0. The summed E-state index contributed by atoms with van der Waals surface area (Å²) in [7, 11) is 1.66. The van der Waals surface area contributed by atoms with Crippen molar-refractivity contribution in [3.8, 4) is 5.75 Å². The molecule has 0 aromatic heterocycles. The Hall–Kier alpha value is -0.840. The number of hydrogen-bond acceptors (Lipinski definition) is 2. The molecule has 0 saturated heterocycles. The molecule has 2 nitrogen and oxygen atoms in total. The third-order valence-corrected chi connectivity index (χ3v) is 3.54. The van der Waals surface area contributed by atoms with Gasteiger partial charge in [0.25, 0.3) is 0 Å². The molecule has 0 aliphatic carbocycles. The second-order valence-corrected chi connectivity index (χ2v) is 6.14. The predicted octanol–water partition coefficient (Wildman–Crippen LogP) is 4.71. The van der Waals surface area contributed by atoms with Crippen molar-refractivity contribution in [3.05, 3.63) is 40.0 Å². The maximum absolute atomic E-state index is 11.7. The van der Waals surface area contributed by atoms with Gasteiger partial charge in [0.15, 0.2) is 0 Å². The number of ether oxygens (including phenoxy) is 1. The van der Waals surface area contributed by atoms with Crippen LogP contribution in [0.2, 0.25) is 0 Å². The van der Waals surface area contributed by atoms with Gasteiger partial charge in [-0.2, -0.15) is 0 Å². The van der Waals surface area contributed by atoms with E-state index in [-0.39, 0.29) is 0 Å². The Bertz CT molecular complexity index is 409. The van der Waals surface area contributed by atoms with Crippen molar-refractivity contribution in [1.29, 1.82) is 0 Å². The van der Waals surface area contributed by atoms with Crippen LogP contribution >= 0.6 is 22.6 Å². The number of aryl methyl sites for hydroxylation is 1. The van der Waals surface area contributed by atoms with E-state index >= 15 is 0 Å². The average Bonchev–Trinajstić information content (AvgIpc) is 2.41. The van der Waals surface area contributed by atoms with Gasteiger partial charge in [-0.25, -0.2) is 0 Å². The molecule has 0 amide bonds. The molecule has 19 heavy (non-hydrogen) atoms. The third kappa shape index (κ3) is 7.35. The van der Waals surface area contributed by atoms with Crippen molar-refractivity contribution in [2.75, 3.05) is 7.11 Å². The maximum Gasteiger partial charge on any atom is 0.133 e. The van der Waals surface area contributed by atoms with Crippen molar-refractivity contribution < 1.29 is 9.53 Å². The average molecular weight is 372 g/mol. The summed E-state index contributed by atoms with van der Waals surface area (Å²) < 4.78 is 6.27. The summed E-state index contributed by atoms with van der Waals surface area (Å²) in [5.41, 5.74) is 1.19. The maximum atomic E-state index is 11.7. The van der Waals surface area contributed by atoms with E-state index < -0.39 is 0 Å². The topological polar surface area (TPSA) is 26.3 Å². The first-order valence-electron chi connectivity index (χ1n) is 6.59. The minimum atomic E-state index is 0.356. The summed E-state index contributed by atoms with van der Waals surface area (Å²) in [4.78, 5) is 11.7. The van der Waals surface area contributed by atoms with Crippen molar-refractivity contribution in [1.82, 2.24) is 0 Å². The lowest BCUT2D eigenvalue weighted by Crippen LogP contribution is -2.00. The zero-order chi connectivity index (χ0) is 14.1. The normalized spacial score (nSPS) is 10.2. The number of unbranched alkanes of at least 4 members (excludes halogenated alkanes) is 1. The Morgan fingerprint density at radius 2 is 1.79 bits per heavy atom. The van der Waals surface area contributed by atoms with Crippen LogP contribution in [0.25, 0.3) is 0 Å². The zero-order valence-electron chi connectivity index (χ0n) is 11.5.